The summed E-state index contributed by atoms with van der Waals surface area (Å²) in [5.74, 6) is -2.99. The molecule has 0 amide bonds. The lowest BCUT2D eigenvalue weighted by Crippen LogP contribution is -2.38. The van der Waals surface area contributed by atoms with E-state index in [1.165, 1.54) is 0 Å². The highest BCUT2D eigenvalue weighted by Crippen LogP contribution is 2.26. The van der Waals surface area contributed by atoms with E-state index in [1.807, 2.05) is 0 Å². The van der Waals surface area contributed by atoms with Gasteiger partial charge in [0.05, 0.1) is 19.8 Å². The number of halogens is 3. The second-order valence-corrected chi connectivity index (χ2v) is 3.58. The quantitative estimate of drug-likeness (QED) is 0.355. The number of alkyl halides is 3. The highest BCUT2D eigenvalue weighted by Gasteiger charge is 2.41. The molecule has 0 saturated carbocycles. The number of nitrogens with one attached hydrogen (secondary N) is 1. The molecule has 0 aliphatic carbocycles. The first-order valence-electron chi connectivity index (χ1n) is 5.44. The van der Waals surface area contributed by atoms with E-state index in [0.717, 1.165) is 6.42 Å². The lowest BCUT2D eigenvalue weighted by molar-refractivity contribution is -0.169. The van der Waals surface area contributed by atoms with Crippen LogP contribution >= 0.6 is 0 Å². The largest absolute Gasteiger partial charge is 0.400 e. The van der Waals surface area contributed by atoms with Gasteiger partial charge >= 0.3 is 6.18 Å². The van der Waals surface area contributed by atoms with E-state index < -0.39 is 24.5 Å². The first-order chi connectivity index (χ1) is 8.39. The van der Waals surface area contributed by atoms with Crippen LogP contribution in [-0.4, -0.2) is 52.2 Å². The van der Waals surface area contributed by atoms with Crippen molar-refractivity contribution in [2.24, 2.45) is 11.7 Å². The van der Waals surface area contributed by atoms with Gasteiger partial charge in [-0.2, -0.15) is 13.2 Å². The molecule has 0 aromatic rings. The van der Waals surface area contributed by atoms with Crippen LogP contribution in [0.3, 0.4) is 0 Å². The minimum absolute atomic E-state index is 0.0346. The number of methoxy groups -OCH3 is 1. The highest BCUT2D eigenvalue weighted by atomic mass is 19.4. The Hall–Kier alpha value is -0.860. The van der Waals surface area contributed by atoms with Crippen molar-refractivity contribution in [2.45, 2.75) is 12.6 Å². The fraction of sp³-hybridized carbons (Fsp3) is 0.900. The van der Waals surface area contributed by atoms with Crippen molar-refractivity contribution in [3.05, 3.63) is 0 Å². The molecule has 0 rings (SSSR count). The fourth-order valence-electron chi connectivity index (χ4n) is 1.09. The maximum Gasteiger partial charge on any atom is 0.400 e. The van der Waals surface area contributed by atoms with Crippen molar-refractivity contribution in [3.63, 3.8) is 0 Å². The van der Waals surface area contributed by atoms with Crippen LogP contribution in [0.1, 0.15) is 6.42 Å². The normalized spacial score (nSPS) is 13.6. The van der Waals surface area contributed by atoms with Gasteiger partial charge in [-0.3, -0.25) is 5.41 Å². The first-order valence-corrected chi connectivity index (χ1v) is 5.44. The molecule has 0 saturated heterocycles. The number of hydrogen-bond donors (Lipinski definition) is 2. The molecule has 0 aliphatic heterocycles. The second-order valence-electron chi connectivity index (χ2n) is 3.58. The fourth-order valence-corrected chi connectivity index (χ4v) is 1.09. The summed E-state index contributed by atoms with van der Waals surface area (Å²) < 4.78 is 51.7. The van der Waals surface area contributed by atoms with E-state index >= 15 is 0 Å². The van der Waals surface area contributed by atoms with E-state index in [4.69, 9.17) is 25.4 Å². The summed E-state index contributed by atoms with van der Waals surface area (Å²) in [6.07, 6.45) is -3.83. The predicted molar refractivity (Wildman–Crippen MR) is 59.6 cm³/mol. The van der Waals surface area contributed by atoms with Crippen molar-refractivity contribution in [1.29, 1.82) is 5.41 Å². The maximum absolute atomic E-state index is 12.3. The average Bonchev–Trinajstić information content (AvgIpc) is 2.24. The van der Waals surface area contributed by atoms with Crippen LogP contribution in [0.4, 0.5) is 13.2 Å². The molecule has 0 spiro atoms. The van der Waals surface area contributed by atoms with Crippen molar-refractivity contribution in [3.8, 4) is 0 Å². The summed E-state index contributed by atoms with van der Waals surface area (Å²) in [5, 5.41) is 6.83. The third-order valence-corrected chi connectivity index (χ3v) is 2.06. The SMILES string of the molecule is COCCCOCCOCC(C(=N)N)C(F)(F)F. The van der Waals surface area contributed by atoms with Gasteiger partial charge in [0.1, 0.15) is 11.8 Å². The molecular formula is C10H19F3N2O3. The second kappa shape index (κ2) is 9.12. The third-order valence-electron chi connectivity index (χ3n) is 2.06. The Morgan fingerprint density at radius 2 is 1.78 bits per heavy atom. The molecule has 0 fully saturated rings. The number of nitrogens with two attached hydrogens (primary N) is 1. The Morgan fingerprint density at radius 1 is 1.17 bits per heavy atom. The van der Waals surface area contributed by atoms with Gasteiger partial charge in [0.25, 0.3) is 0 Å². The molecule has 1 unspecified atom stereocenters. The molecule has 0 aromatic carbocycles. The van der Waals surface area contributed by atoms with Gasteiger partial charge in [-0.25, -0.2) is 0 Å². The van der Waals surface area contributed by atoms with E-state index in [1.54, 1.807) is 7.11 Å². The van der Waals surface area contributed by atoms with E-state index in [0.29, 0.717) is 13.2 Å². The number of hydrogen-bond acceptors (Lipinski definition) is 4. The Morgan fingerprint density at radius 3 is 2.28 bits per heavy atom. The Kier molecular flexibility index (Phi) is 8.69. The monoisotopic (exact) mass is 272 g/mol. The summed E-state index contributed by atoms with van der Waals surface area (Å²) in [5.41, 5.74) is 4.86. The minimum atomic E-state index is -4.55. The molecule has 108 valence electrons. The molecule has 0 aromatic heterocycles. The van der Waals surface area contributed by atoms with Crippen LogP contribution in [0.25, 0.3) is 0 Å². The summed E-state index contributed by atoms with van der Waals surface area (Å²) in [6.45, 7) is 0.618. The van der Waals surface area contributed by atoms with E-state index in [2.05, 4.69) is 0 Å². The molecule has 0 bridgehead atoms. The van der Waals surface area contributed by atoms with Crippen LogP contribution in [0.2, 0.25) is 0 Å². The smallest absolute Gasteiger partial charge is 0.387 e. The molecule has 0 heterocycles. The lowest BCUT2D eigenvalue weighted by Gasteiger charge is -2.18. The van der Waals surface area contributed by atoms with Gasteiger partial charge < -0.3 is 19.9 Å². The molecule has 1 atom stereocenters. The number of rotatable bonds is 10. The van der Waals surface area contributed by atoms with Crippen LogP contribution in [-0.2, 0) is 14.2 Å². The summed E-state index contributed by atoms with van der Waals surface area (Å²) in [6, 6.07) is 0. The van der Waals surface area contributed by atoms with Gasteiger partial charge in [-0.05, 0) is 6.42 Å². The molecular weight excluding hydrogens is 253 g/mol. The Balaban J connectivity index is 3.60. The standard InChI is InChI=1S/C10H19F3N2O3/c1-16-3-2-4-17-5-6-18-7-8(9(14)15)10(11,12)13/h8H,2-7H2,1H3,(H3,14,15). The molecule has 0 aliphatic rings. The van der Waals surface area contributed by atoms with Crippen LogP contribution in [0.15, 0.2) is 0 Å². The van der Waals surface area contributed by atoms with Crippen molar-refractivity contribution in [1.82, 2.24) is 0 Å². The van der Waals surface area contributed by atoms with Crippen LogP contribution in [0, 0.1) is 11.3 Å². The van der Waals surface area contributed by atoms with Gasteiger partial charge in [-0.15, -0.1) is 0 Å². The van der Waals surface area contributed by atoms with Gasteiger partial charge in [0, 0.05) is 20.3 Å². The molecule has 3 N–H and O–H groups in total. The van der Waals surface area contributed by atoms with Gasteiger partial charge in [0.15, 0.2) is 0 Å². The minimum Gasteiger partial charge on any atom is -0.387 e. The van der Waals surface area contributed by atoms with Crippen molar-refractivity contribution >= 4 is 5.84 Å². The molecule has 18 heavy (non-hydrogen) atoms. The maximum atomic E-state index is 12.3. The van der Waals surface area contributed by atoms with E-state index in [9.17, 15) is 13.2 Å². The zero-order chi connectivity index (χ0) is 14.0. The number of amidine groups is 1. The van der Waals surface area contributed by atoms with Crippen molar-refractivity contribution < 1.29 is 27.4 Å². The van der Waals surface area contributed by atoms with Crippen molar-refractivity contribution in [2.75, 3.05) is 40.1 Å². The molecule has 5 nitrogen and oxygen atoms in total. The third kappa shape index (κ3) is 8.26. The zero-order valence-electron chi connectivity index (χ0n) is 10.3. The Bertz CT molecular complexity index is 237. The topological polar surface area (TPSA) is 77.6 Å². The molecule has 8 heteroatoms. The molecule has 0 radical (unpaired) electrons. The summed E-state index contributed by atoms with van der Waals surface area (Å²) in [7, 11) is 1.57. The van der Waals surface area contributed by atoms with E-state index in [-0.39, 0.29) is 13.2 Å². The van der Waals surface area contributed by atoms with Crippen LogP contribution < -0.4 is 5.73 Å². The van der Waals surface area contributed by atoms with Gasteiger partial charge in [0.2, 0.25) is 0 Å². The first kappa shape index (κ1) is 17.1. The summed E-state index contributed by atoms with van der Waals surface area (Å²) in [4.78, 5) is 0. The lowest BCUT2D eigenvalue weighted by atomic mass is 10.1. The van der Waals surface area contributed by atoms with Gasteiger partial charge in [-0.1, -0.05) is 0 Å². The highest BCUT2D eigenvalue weighted by molar-refractivity contribution is 5.80. The Labute approximate surface area is 104 Å². The predicted octanol–water partition coefficient (Wildman–Crippen LogP) is 1.17. The zero-order valence-corrected chi connectivity index (χ0v) is 10.3. The average molecular weight is 272 g/mol. The number of ether oxygens (including phenoxy) is 3. The van der Waals surface area contributed by atoms with Crippen LogP contribution in [0.5, 0.6) is 0 Å². The summed E-state index contributed by atoms with van der Waals surface area (Å²) >= 11 is 0.